The number of carbonyl (C=O) groups is 1. The van der Waals surface area contributed by atoms with Crippen molar-refractivity contribution in [2.75, 3.05) is 26.4 Å². The zero-order valence-corrected chi connectivity index (χ0v) is 12.4. The minimum atomic E-state index is -0.106. The van der Waals surface area contributed by atoms with Crippen molar-refractivity contribution in [3.8, 4) is 0 Å². The summed E-state index contributed by atoms with van der Waals surface area (Å²) >= 11 is 0. The lowest BCUT2D eigenvalue weighted by Crippen LogP contribution is -2.34. The lowest BCUT2D eigenvalue weighted by Gasteiger charge is -2.25. The molecular weight excluding hydrogens is 262 g/mol. The molecule has 0 saturated carbocycles. The molecule has 3 N–H and O–H groups in total. The molecule has 0 bridgehead atoms. The first-order valence-corrected chi connectivity index (χ1v) is 6.93. The van der Waals surface area contributed by atoms with E-state index in [1.165, 1.54) is 5.56 Å². The summed E-state index contributed by atoms with van der Waals surface area (Å²) in [4.78, 5) is 14.3. The molecule has 0 aliphatic rings. The molecule has 4 heteroatoms. The Morgan fingerprint density at radius 2 is 1.86 bits per heavy atom. The van der Waals surface area contributed by atoms with Crippen LogP contribution in [0.2, 0.25) is 0 Å². The number of nitrogens with one attached hydrogen (secondary N) is 1. The van der Waals surface area contributed by atoms with Crippen LogP contribution in [0.3, 0.4) is 0 Å². The molecule has 0 aliphatic carbocycles. The van der Waals surface area contributed by atoms with Crippen LogP contribution >= 0.6 is 0 Å². The highest BCUT2D eigenvalue weighted by atomic mass is 16.1. The van der Waals surface area contributed by atoms with Gasteiger partial charge in [0.15, 0.2) is 0 Å². The van der Waals surface area contributed by atoms with Gasteiger partial charge in [0.25, 0.3) is 5.91 Å². The maximum Gasteiger partial charge on any atom is 0.251 e. The monoisotopic (exact) mass is 283 g/mol. The first-order chi connectivity index (χ1) is 10.1. The molecule has 0 aliphatic heterocycles. The van der Waals surface area contributed by atoms with Gasteiger partial charge in [-0.2, -0.15) is 0 Å². The molecular formula is C17H21N3O. The number of likely N-dealkylation sites (N-methyl/N-ethyl adjacent to an activating group) is 1. The normalized spacial score (nSPS) is 12.1. The second-order valence-electron chi connectivity index (χ2n) is 5.23. The summed E-state index contributed by atoms with van der Waals surface area (Å²) in [6.07, 6.45) is 0. The third-order valence-corrected chi connectivity index (χ3v) is 3.41. The minimum absolute atomic E-state index is 0.106. The molecule has 0 aromatic heterocycles. The van der Waals surface area contributed by atoms with E-state index in [1.54, 1.807) is 24.3 Å². The molecule has 1 atom stereocenters. The first kappa shape index (κ1) is 15.1. The van der Waals surface area contributed by atoms with Crippen molar-refractivity contribution >= 4 is 11.6 Å². The Balaban J connectivity index is 2.04. The Kier molecular flexibility index (Phi) is 4.95. The topological polar surface area (TPSA) is 58.4 Å². The summed E-state index contributed by atoms with van der Waals surface area (Å²) in [5.41, 5.74) is 8.06. The summed E-state index contributed by atoms with van der Waals surface area (Å²) < 4.78 is 0. The van der Waals surface area contributed by atoms with Gasteiger partial charge in [0.1, 0.15) is 0 Å². The molecule has 0 spiro atoms. The fourth-order valence-corrected chi connectivity index (χ4v) is 2.25. The molecule has 0 fully saturated rings. The van der Waals surface area contributed by atoms with Crippen molar-refractivity contribution in [1.29, 1.82) is 0 Å². The van der Waals surface area contributed by atoms with Crippen molar-refractivity contribution in [2.24, 2.45) is 0 Å². The van der Waals surface area contributed by atoms with Crippen LogP contribution in [0.15, 0.2) is 54.6 Å². The van der Waals surface area contributed by atoms with E-state index in [-0.39, 0.29) is 11.9 Å². The molecule has 0 saturated heterocycles. The maximum absolute atomic E-state index is 12.2. The molecule has 4 nitrogen and oxygen atoms in total. The van der Waals surface area contributed by atoms with E-state index in [1.807, 2.05) is 32.3 Å². The Bertz CT molecular complexity index is 596. The molecule has 2 aromatic carbocycles. The zero-order valence-electron chi connectivity index (χ0n) is 12.4. The SMILES string of the molecule is CN(C)C(CNC(=O)c1cccc(N)c1)c1ccccc1. The largest absolute Gasteiger partial charge is 0.399 e. The van der Waals surface area contributed by atoms with Gasteiger partial charge in [0.2, 0.25) is 0 Å². The molecule has 110 valence electrons. The van der Waals surface area contributed by atoms with Gasteiger partial charge in [0, 0.05) is 17.8 Å². The van der Waals surface area contributed by atoms with Crippen molar-refractivity contribution < 1.29 is 4.79 Å². The van der Waals surface area contributed by atoms with Crippen LogP contribution in [0.5, 0.6) is 0 Å². The van der Waals surface area contributed by atoms with E-state index >= 15 is 0 Å². The Morgan fingerprint density at radius 1 is 1.14 bits per heavy atom. The molecule has 1 unspecified atom stereocenters. The number of hydrogen-bond acceptors (Lipinski definition) is 3. The number of nitrogens with zero attached hydrogens (tertiary/aromatic N) is 1. The molecule has 1 amide bonds. The number of hydrogen-bond donors (Lipinski definition) is 2. The number of anilines is 1. The Labute approximate surface area is 125 Å². The van der Waals surface area contributed by atoms with E-state index in [9.17, 15) is 4.79 Å². The van der Waals surface area contributed by atoms with Crippen LogP contribution in [0, 0.1) is 0 Å². The highest BCUT2D eigenvalue weighted by Gasteiger charge is 2.15. The van der Waals surface area contributed by atoms with Crippen molar-refractivity contribution in [3.05, 3.63) is 65.7 Å². The second kappa shape index (κ2) is 6.90. The van der Waals surface area contributed by atoms with Crippen molar-refractivity contribution in [2.45, 2.75) is 6.04 Å². The van der Waals surface area contributed by atoms with E-state index in [2.05, 4.69) is 22.3 Å². The van der Waals surface area contributed by atoms with Crippen LogP contribution in [0.25, 0.3) is 0 Å². The number of nitrogen functional groups attached to an aromatic ring is 1. The van der Waals surface area contributed by atoms with Crippen LogP contribution in [0.4, 0.5) is 5.69 Å². The Hall–Kier alpha value is -2.33. The fraction of sp³-hybridized carbons (Fsp3) is 0.235. The summed E-state index contributed by atoms with van der Waals surface area (Å²) in [6.45, 7) is 0.546. The van der Waals surface area contributed by atoms with Crippen LogP contribution in [0.1, 0.15) is 22.0 Å². The predicted octanol–water partition coefficient (Wildman–Crippen LogP) is 2.30. The summed E-state index contributed by atoms with van der Waals surface area (Å²) in [5.74, 6) is -0.106. The van der Waals surface area contributed by atoms with Gasteiger partial charge in [0.05, 0.1) is 6.04 Å². The predicted molar refractivity (Wildman–Crippen MR) is 86.1 cm³/mol. The molecule has 2 rings (SSSR count). The van der Waals surface area contributed by atoms with Gasteiger partial charge in [-0.3, -0.25) is 4.79 Å². The number of carbonyl (C=O) groups excluding carboxylic acids is 1. The number of nitrogens with two attached hydrogens (primary N) is 1. The van der Waals surface area contributed by atoms with Gasteiger partial charge in [-0.15, -0.1) is 0 Å². The summed E-state index contributed by atoms with van der Waals surface area (Å²) in [7, 11) is 4.01. The average molecular weight is 283 g/mol. The number of amides is 1. The minimum Gasteiger partial charge on any atom is -0.399 e. The van der Waals surface area contributed by atoms with Crippen LogP contribution < -0.4 is 11.1 Å². The van der Waals surface area contributed by atoms with Gasteiger partial charge in [-0.25, -0.2) is 0 Å². The fourth-order valence-electron chi connectivity index (χ4n) is 2.25. The third-order valence-electron chi connectivity index (χ3n) is 3.41. The van der Waals surface area contributed by atoms with Gasteiger partial charge < -0.3 is 16.0 Å². The molecule has 21 heavy (non-hydrogen) atoms. The van der Waals surface area contributed by atoms with Crippen LogP contribution in [-0.4, -0.2) is 31.4 Å². The maximum atomic E-state index is 12.2. The first-order valence-electron chi connectivity index (χ1n) is 6.93. The van der Waals surface area contributed by atoms with E-state index in [0.717, 1.165) is 0 Å². The van der Waals surface area contributed by atoms with E-state index in [4.69, 9.17) is 5.73 Å². The van der Waals surface area contributed by atoms with Gasteiger partial charge in [-0.05, 0) is 37.9 Å². The smallest absolute Gasteiger partial charge is 0.251 e. The quantitative estimate of drug-likeness (QED) is 0.828. The molecule has 0 radical (unpaired) electrons. The van der Waals surface area contributed by atoms with Crippen molar-refractivity contribution in [3.63, 3.8) is 0 Å². The number of benzene rings is 2. The molecule has 2 aromatic rings. The van der Waals surface area contributed by atoms with Gasteiger partial charge >= 0.3 is 0 Å². The van der Waals surface area contributed by atoms with E-state index < -0.39 is 0 Å². The molecule has 0 heterocycles. The van der Waals surface area contributed by atoms with E-state index in [0.29, 0.717) is 17.8 Å². The summed E-state index contributed by atoms with van der Waals surface area (Å²) in [6, 6.07) is 17.3. The Morgan fingerprint density at radius 3 is 2.48 bits per heavy atom. The number of rotatable bonds is 5. The van der Waals surface area contributed by atoms with Crippen LogP contribution in [-0.2, 0) is 0 Å². The lowest BCUT2D eigenvalue weighted by molar-refractivity contribution is 0.0942. The van der Waals surface area contributed by atoms with Gasteiger partial charge in [-0.1, -0.05) is 36.4 Å². The third kappa shape index (κ3) is 4.07. The lowest BCUT2D eigenvalue weighted by atomic mass is 10.1. The standard InChI is InChI=1S/C17H21N3O/c1-20(2)16(13-7-4-3-5-8-13)12-19-17(21)14-9-6-10-15(18)11-14/h3-11,16H,12,18H2,1-2H3,(H,19,21). The highest BCUT2D eigenvalue weighted by Crippen LogP contribution is 2.17. The highest BCUT2D eigenvalue weighted by molar-refractivity contribution is 5.95. The average Bonchev–Trinajstić information content (AvgIpc) is 2.48. The van der Waals surface area contributed by atoms with Crippen molar-refractivity contribution in [1.82, 2.24) is 10.2 Å². The zero-order chi connectivity index (χ0) is 15.2. The second-order valence-corrected chi connectivity index (χ2v) is 5.23. The summed E-state index contributed by atoms with van der Waals surface area (Å²) in [5, 5.41) is 2.97.